The predicted molar refractivity (Wildman–Crippen MR) is 115 cm³/mol. The Balaban J connectivity index is 2.01. The summed E-state index contributed by atoms with van der Waals surface area (Å²) in [5.74, 6) is 2.29. The smallest absolute Gasteiger partial charge is 0.191 e. The molecular formula is C20H33BrN4O2. The van der Waals surface area contributed by atoms with Crippen LogP contribution in [0.3, 0.4) is 0 Å². The van der Waals surface area contributed by atoms with Crippen molar-refractivity contribution < 1.29 is 9.47 Å². The van der Waals surface area contributed by atoms with Crippen molar-refractivity contribution in [3.05, 3.63) is 22.2 Å². The highest BCUT2D eigenvalue weighted by molar-refractivity contribution is 9.10. The fraction of sp³-hybridized carbons (Fsp3) is 0.650. The van der Waals surface area contributed by atoms with E-state index in [1.54, 1.807) is 14.2 Å². The van der Waals surface area contributed by atoms with Gasteiger partial charge in [0.2, 0.25) is 0 Å². The lowest BCUT2D eigenvalue weighted by Crippen LogP contribution is -2.48. The average Bonchev–Trinajstić information content (AvgIpc) is 2.68. The Labute approximate surface area is 171 Å². The highest BCUT2D eigenvalue weighted by Gasteiger charge is 2.19. The molecule has 0 radical (unpaired) electrons. The molecule has 1 heterocycles. The van der Waals surface area contributed by atoms with Gasteiger partial charge in [-0.15, -0.1) is 0 Å². The van der Waals surface area contributed by atoms with E-state index >= 15 is 0 Å². The first-order valence-electron chi connectivity index (χ1n) is 9.78. The number of guanidine groups is 1. The summed E-state index contributed by atoms with van der Waals surface area (Å²) in [4.78, 5) is 7.32. The first kappa shape index (κ1) is 21.8. The number of piperidine rings is 1. The van der Waals surface area contributed by atoms with Gasteiger partial charge in [-0.05, 0) is 50.4 Å². The van der Waals surface area contributed by atoms with Gasteiger partial charge in [-0.1, -0.05) is 22.9 Å². The van der Waals surface area contributed by atoms with Crippen LogP contribution in [0.1, 0.15) is 38.7 Å². The van der Waals surface area contributed by atoms with Gasteiger partial charge in [-0.25, -0.2) is 4.99 Å². The van der Waals surface area contributed by atoms with E-state index in [-0.39, 0.29) is 0 Å². The Hall–Kier alpha value is -1.47. The van der Waals surface area contributed by atoms with Crippen LogP contribution in [-0.4, -0.2) is 57.3 Å². The van der Waals surface area contributed by atoms with Gasteiger partial charge in [0, 0.05) is 30.1 Å². The van der Waals surface area contributed by atoms with E-state index in [1.165, 1.54) is 13.0 Å². The third-order valence-corrected chi connectivity index (χ3v) is 5.51. The highest BCUT2D eigenvalue weighted by Crippen LogP contribution is 2.33. The van der Waals surface area contributed by atoms with Gasteiger partial charge in [0.1, 0.15) is 0 Å². The fourth-order valence-corrected chi connectivity index (χ4v) is 3.76. The second-order valence-electron chi connectivity index (χ2n) is 6.75. The molecule has 0 amide bonds. The molecule has 0 unspecified atom stereocenters. The second kappa shape index (κ2) is 11.4. The summed E-state index contributed by atoms with van der Waals surface area (Å²) in [6.07, 6.45) is 3.54. The van der Waals surface area contributed by atoms with Gasteiger partial charge in [0.05, 0.1) is 20.8 Å². The van der Waals surface area contributed by atoms with Crippen molar-refractivity contribution in [2.75, 3.05) is 40.4 Å². The van der Waals surface area contributed by atoms with Crippen molar-refractivity contribution in [1.82, 2.24) is 15.5 Å². The molecule has 7 heteroatoms. The number of hydrogen-bond acceptors (Lipinski definition) is 4. The van der Waals surface area contributed by atoms with Crippen LogP contribution < -0.4 is 20.1 Å². The molecular weight excluding hydrogens is 408 g/mol. The molecule has 0 atom stereocenters. The minimum Gasteiger partial charge on any atom is -0.493 e. The number of hydrogen-bond donors (Lipinski definition) is 2. The van der Waals surface area contributed by atoms with E-state index in [4.69, 9.17) is 14.5 Å². The molecule has 1 fully saturated rings. The number of halogens is 1. The molecule has 1 aromatic carbocycles. The third kappa shape index (κ3) is 6.57. The topological polar surface area (TPSA) is 58.1 Å². The summed E-state index contributed by atoms with van der Waals surface area (Å²) >= 11 is 3.61. The molecule has 0 bridgehead atoms. The van der Waals surface area contributed by atoms with Gasteiger partial charge in [-0.3, -0.25) is 0 Å². The highest BCUT2D eigenvalue weighted by atomic mass is 79.9. The van der Waals surface area contributed by atoms with Crippen LogP contribution in [0.5, 0.6) is 11.5 Å². The molecule has 0 spiro atoms. The van der Waals surface area contributed by atoms with Crippen molar-refractivity contribution in [1.29, 1.82) is 0 Å². The summed E-state index contributed by atoms with van der Waals surface area (Å²) in [5, 5.41) is 6.96. The molecule has 1 aromatic rings. The van der Waals surface area contributed by atoms with Gasteiger partial charge < -0.3 is 25.0 Å². The largest absolute Gasteiger partial charge is 0.493 e. The summed E-state index contributed by atoms with van der Waals surface area (Å²) < 4.78 is 11.7. The normalized spacial score (nSPS) is 16.3. The van der Waals surface area contributed by atoms with Crippen LogP contribution >= 0.6 is 15.9 Å². The summed E-state index contributed by atoms with van der Waals surface area (Å²) in [6.45, 7) is 9.25. The lowest BCUT2D eigenvalue weighted by molar-refractivity contribution is 0.206. The maximum atomic E-state index is 5.41. The quantitative estimate of drug-likeness (QED) is 0.479. The van der Waals surface area contributed by atoms with E-state index in [9.17, 15) is 0 Å². The van der Waals surface area contributed by atoms with E-state index in [0.717, 1.165) is 48.5 Å². The second-order valence-corrected chi connectivity index (χ2v) is 7.61. The van der Waals surface area contributed by atoms with Gasteiger partial charge >= 0.3 is 0 Å². The first-order chi connectivity index (χ1) is 13.1. The van der Waals surface area contributed by atoms with Crippen LogP contribution in [0.2, 0.25) is 0 Å². The van der Waals surface area contributed by atoms with E-state index in [0.29, 0.717) is 24.1 Å². The van der Waals surface area contributed by atoms with E-state index < -0.39 is 0 Å². The number of ether oxygens (including phenoxy) is 2. The summed E-state index contributed by atoms with van der Waals surface area (Å²) in [7, 11) is 3.29. The maximum absolute atomic E-state index is 5.41. The van der Waals surface area contributed by atoms with Gasteiger partial charge in [0.15, 0.2) is 17.5 Å². The molecule has 1 saturated heterocycles. The lowest BCUT2D eigenvalue weighted by Gasteiger charge is -2.32. The zero-order valence-electron chi connectivity index (χ0n) is 17.0. The minimum atomic E-state index is 0.477. The number of likely N-dealkylation sites (tertiary alicyclic amines) is 1. The van der Waals surface area contributed by atoms with Crippen LogP contribution in [-0.2, 0) is 6.54 Å². The molecule has 1 aliphatic rings. The number of methoxy groups -OCH3 is 2. The van der Waals surface area contributed by atoms with E-state index in [2.05, 4.69) is 45.3 Å². The Morgan fingerprint density at radius 2 is 1.85 bits per heavy atom. The van der Waals surface area contributed by atoms with Crippen molar-refractivity contribution in [2.24, 2.45) is 4.99 Å². The Kier molecular flexibility index (Phi) is 9.21. The minimum absolute atomic E-state index is 0.477. The molecule has 2 rings (SSSR count). The monoisotopic (exact) mass is 440 g/mol. The van der Waals surface area contributed by atoms with Crippen LogP contribution in [0.15, 0.2) is 21.6 Å². The molecule has 2 N–H and O–H groups in total. The van der Waals surface area contributed by atoms with Crippen LogP contribution in [0, 0.1) is 0 Å². The van der Waals surface area contributed by atoms with Gasteiger partial charge in [-0.2, -0.15) is 0 Å². The number of rotatable bonds is 8. The molecule has 0 aliphatic carbocycles. The Bertz CT molecular complexity index is 616. The number of aliphatic imine (C=N–C) groups is 1. The third-order valence-electron chi connectivity index (χ3n) is 4.77. The molecule has 0 saturated carbocycles. The summed E-state index contributed by atoms with van der Waals surface area (Å²) in [6, 6.07) is 4.37. The molecule has 152 valence electrons. The number of benzene rings is 1. The van der Waals surface area contributed by atoms with Crippen molar-refractivity contribution in [3.8, 4) is 11.5 Å². The van der Waals surface area contributed by atoms with Crippen molar-refractivity contribution in [3.63, 3.8) is 0 Å². The predicted octanol–water partition coefficient (Wildman–Crippen LogP) is 3.40. The van der Waals surface area contributed by atoms with Crippen molar-refractivity contribution >= 4 is 21.9 Å². The van der Waals surface area contributed by atoms with Crippen LogP contribution in [0.4, 0.5) is 0 Å². The fourth-order valence-electron chi connectivity index (χ4n) is 3.31. The molecule has 0 aromatic heterocycles. The maximum Gasteiger partial charge on any atom is 0.191 e. The lowest BCUT2D eigenvalue weighted by atomic mass is 10.1. The average molecular weight is 441 g/mol. The zero-order valence-corrected chi connectivity index (χ0v) is 18.6. The number of nitrogens with zero attached hydrogens (tertiary/aromatic N) is 2. The Morgan fingerprint density at radius 1 is 1.19 bits per heavy atom. The molecule has 6 nitrogen and oxygen atoms in total. The van der Waals surface area contributed by atoms with Crippen molar-refractivity contribution in [2.45, 2.75) is 45.7 Å². The first-order valence-corrected chi connectivity index (χ1v) is 10.6. The molecule has 27 heavy (non-hydrogen) atoms. The van der Waals surface area contributed by atoms with E-state index in [1.807, 2.05) is 12.1 Å². The summed E-state index contributed by atoms with van der Waals surface area (Å²) in [5.41, 5.74) is 1.06. The standard InChI is InChI=1S/C20H33BrN4O2/c1-5-9-25-10-7-16(8-11-25)24-20(22-6-2)23-14-15-12-18(26-3)19(27-4)13-17(15)21/h12-13,16H,5-11,14H2,1-4H3,(H2,22,23,24). The molecule has 1 aliphatic heterocycles. The SMILES string of the molecule is CCCN1CCC(NC(=NCc2cc(OC)c(OC)cc2Br)NCC)CC1. The number of nitrogens with one attached hydrogen (secondary N) is 2. The van der Waals surface area contributed by atoms with Crippen LogP contribution in [0.25, 0.3) is 0 Å². The Morgan fingerprint density at radius 3 is 2.44 bits per heavy atom. The zero-order chi connectivity index (χ0) is 19.6. The van der Waals surface area contributed by atoms with Gasteiger partial charge in [0.25, 0.3) is 0 Å².